The van der Waals surface area contributed by atoms with Crippen LogP contribution >= 0.6 is 0 Å². The fourth-order valence-corrected chi connectivity index (χ4v) is 2.67. The van der Waals surface area contributed by atoms with Crippen molar-refractivity contribution in [2.45, 2.75) is 25.8 Å². The Balaban J connectivity index is 1.90. The first-order valence-electron chi connectivity index (χ1n) is 6.98. The van der Waals surface area contributed by atoms with E-state index in [1.54, 1.807) is 18.2 Å². The summed E-state index contributed by atoms with van der Waals surface area (Å²) in [5.41, 5.74) is 6.87. The molecule has 0 spiro atoms. The molecule has 0 radical (unpaired) electrons. The van der Waals surface area contributed by atoms with Gasteiger partial charge in [-0.2, -0.15) is 5.10 Å². The number of carbonyl (C=O) groups is 1. The maximum Gasteiger partial charge on any atom is 0.274 e. The lowest BCUT2D eigenvalue weighted by Crippen LogP contribution is -2.33. The molecule has 21 heavy (non-hydrogen) atoms. The molecule has 6 heteroatoms. The number of nitrogen functional groups attached to an aromatic ring is 1. The van der Waals surface area contributed by atoms with Gasteiger partial charge in [0.1, 0.15) is 11.6 Å². The second-order valence-electron chi connectivity index (χ2n) is 5.33. The molecular weight excluding hydrogens is 271 g/mol. The predicted octanol–water partition coefficient (Wildman–Crippen LogP) is 2.22. The Kier molecular flexibility index (Phi) is 3.37. The van der Waals surface area contributed by atoms with Crippen LogP contribution in [0.15, 0.2) is 30.3 Å². The van der Waals surface area contributed by atoms with Crippen molar-refractivity contribution in [1.29, 1.82) is 0 Å². The Hall–Kier alpha value is -2.37. The van der Waals surface area contributed by atoms with E-state index < -0.39 is 0 Å². The lowest BCUT2D eigenvalue weighted by molar-refractivity contribution is 0.0741. The zero-order valence-electron chi connectivity index (χ0n) is 11.8. The van der Waals surface area contributed by atoms with Crippen LogP contribution in [0.25, 0.3) is 5.69 Å². The van der Waals surface area contributed by atoms with Crippen molar-refractivity contribution in [2.24, 2.45) is 0 Å². The van der Waals surface area contributed by atoms with Crippen LogP contribution in [0.4, 0.5) is 10.2 Å². The van der Waals surface area contributed by atoms with Gasteiger partial charge in [-0.25, -0.2) is 9.07 Å². The molecule has 2 heterocycles. The van der Waals surface area contributed by atoms with Gasteiger partial charge in [0, 0.05) is 18.7 Å². The van der Waals surface area contributed by atoms with Gasteiger partial charge in [-0.3, -0.25) is 4.79 Å². The Morgan fingerprint density at radius 3 is 2.71 bits per heavy atom. The summed E-state index contributed by atoms with van der Waals surface area (Å²) in [6.07, 6.45) is 2.03. The lowest BCUT2D eigenvalue weighted by Gasteiger charge is -2.19. The van der Waals surface area contributed by atoms with Gasteiger partial charge in [-0.1, -0.05) is 0 Å². The van der Waals surface area contributed by atoms with Crippen LogP contribution in [0.3, 0.4) is 0 Å². The molecule has 1 aromatic heterocycles. The lowest BCUT2D eigenvalue weighted by atomic mass is 10.2. The van der Waals surface area contributed by atoms with Crippen LogP contribution in [0.2, 0.25) is 0 Å². The number of carbonyl (C=O) groups excluding carboxylic acids is 1. The van der Waals surface area contributed by atoms with Crippen molar-refractivity contribution in [1.82, 2.24) is 14.7 Å². The number of halogens is 1. The first-order valence-corrected chi connectivity index (χ1v) is 6.98. The van der Waals surface area contributed by atoms with Crippen LogP contribution in [-0.2, 0) is 0 Å². The molecule has 0 bridgehead atoms. The van der Waals surface area contributed by atoms with Gasteiger partial charge >= 0.3 is 0 Å². The Labute approximate surface area is 122 Å². The van der Waals surface area contributed by atoms with Crippen molar-refractivity contribution in [3.05, 3.63) is 41.8 Å². The van der Waals surface area contributed by atoms with Crippen LogP contribution in [0.5, 0.6) is 0 Å². The minimum Gasteiger partial charge on any atom is -0.384 e. The number of benzene rings is 1. The van der Waals surface area contributed by atoms with Gasteiger partial charge in [-0.05, 0) is 44.0 Å². The fourth-order valence-electron chi connectivity index (χ4n) is 2.67. The molecule has 1 aliphatic rings. The minimum atomic E-state index is -0.327. The molecule has 3 rings (SSSR count). The third-order valence-electron chi connectivity index (χ3n) is 3.84. The third-order valence-corrected chi connectivity index (χ3v) is 3.84. The van der Waals surface area contributed by atoms with E-state index in [1.165, 1.54) is 16.8 Å². The van der Waals surface area contributed by atoms with Gasteiger partial charge in [-0.15, -0.1) is 0 Å². The number of hydrogen-bond acceptors (Lipinski definition) is 3. The van der Waals surface area contributed by atoms with Gasteiger partial charge in [0.2, 0.25) is 0 Å². The zero-order chi connectivity index (χ0) is 15.0. The van der Waals surface area contributed by atoms with Gasteiger partial charge in [0.15, 0.2) is 5.69 Å². The summed E-state index contributed by atoms with van der Waals surface area (Å²) in [7, 11) is 0. The summed E-state index contributed by atoms with van der Waals surface area (Å²) in [6.45, 7) is 2.79. The number of anilines is 1. The summed E-state index contributed by atoms with van der Waals surface area (Å²) in [5, 5.41) is 4.27. The number of nitrogens with two attached hydrogens (primary N) is 1. The molecule has 110 valence electrons. The van der Waals surface area contributed by atoms with E-state index in [1.807, 2.05) is 11.8 Å². The van der Waals surface area contributed by atoms with E-state index in [4.69, 9.17) is 5.73 Å². The van der Waals surface area contributed by atoms with E-state index in [-0.39, 0.29) is 17.8 Å². The Morgan fingerprint density at radius 1 is 1.38 bits per heavy atom. The summed E-state index contributed by atoms with van der Waals surface area (Å²) < 4.78 is 14.4. The average Bonchev–Trinajstić information content (AvgIpc) is 3.05. The summed E-state index contributed by atoms with van der Waals surface area (Å²) in [5.74, 6) is -0.0731. The summed E-state index contributed by atoms with van der Waals surface area (Å²) >= 11 is 0. The molecule has 1 fully saturated rings. The first-order chi connectivity index (χ1) is 10.1. The number of likely N-dealkylation sites (tertiary alicyclic amines) is 1. The van der Waals surface area contributed by atoms with Crippen molar-refractivity contribution in [3.63, 3.8) is 0 Å². The molecule has 1 atom stereocenters. The Morgan fingerprint density at radius 2 is 2.10 bits per heavy atom. The van der Waals surface area contributed by atoms with E-state index in [0.29, 0.717) is 17.2 Å². The van der Waals surface area contributed by atoms with Crippen LogP contribution < -0.4 is 5.73 Å². The molecule has 1 saturated heterocycles. The zero-order valence-corrected chi connectivity index (χ0v) is 11.8. The molecule has 5 nitrogen and oxygen atoms in total. The Bertz CT molecular complexity index is 665. The number of hydrogen-bond donors (Lipinski definition) is 1. The molecule has 0 aliphatic carbocycles. The smallest absolute Gasteiger partial charge is 0.274 e. The maximum atomic E-state index is 13.0. The van der Waals surface area contributed by atoms with E-state index in [0.717, 1.165) is 19.4 Å². The average molecular weight is 288 g/mol. The SMILES string of the molecule is C[C@@H]1CCCN1C(=O)c1cc(N)n(-c2ccc(F)cc2)n1. The highest BCUT2D eigenvalue weighted by Crippen LogP contribution is 2.21. The topological polar surface area (TPSA) is 64.2 Å². The highest BCUT2D eigenvalue weighted by molar-refractivity contribution is 5.93. The fraction of sp³-hybridized carbons (Fsp3) is 0.333. The number of amides is 1. The number of rotatable bonds is 2. The highest BCUT2D eigenvalue weighted by Gasteiger charge is 2.28. The first kappa shape index (κ1) is 13.6. The van der Waals surface area contributed by atoms with Gasteiger partial charge in [0.25, 0.3) is 5.91 Å². The molecule has 1 aromatic carbocycles. The van der Waals surface area contributed by atoms with Crippen LogP contribution in [0.1, 0.15) is 30.3 Å². The van der Waals surface area contributed by atoms with Crippen LogP contribution in [-0.4, -0.2) is 33.2 Å². The van der Waals surface area contributed by atoms with Gasteiger partial charge in [0.05, 0.1) is 5.69 Å². The molecule has 1 aliphatic heterocycles. The van der Waals surface area contributed by atoms with Crippen molar-refractivity contribution in [2.75, 3.05) is 12.3 Å². The molecular formula is C15H17FN4O. The van der Waals surface area contributed by atoms with Crippen LogP contribution in [0, 0.1) is 5.82 Å². The largest absolute Gasteiger partial charge is 0.384 e. The monoisotopic (exact) mass is 288 g/mol. The number of aromatic nitrogens is 2. The van der Waals surface area contributed by atoms with E-state index >= 15 is 0 Å². The van der Waals surface area contributed by atoms with Crippen molar-refractivity contribution in [3.8, 4) is 5.69 Å². The van der Waals surface area contributed by atoms with E-state index in [2.05, 4.69) is 5.10 Å². The standard InChI is InChI=1S/C15H17FN4O/c1-10-3-2-8-19(10)15(21)13-9-14(17)20(18-13)12-6-4-11(16)5-7-12/h4-7,9-10H,2-3,8,17H2,1H3/t10-/m1/s1. The van der Waals surface area contributed by atoms with E-state index in [9.17, 15) is 9.18 Å². The predicted molar refractivity (Wildman–Crippen MR) is 77.7 cm³/mol. The number of nitrogens with zero attached hydrogens (tertiary/aromatic N) is 3. The summed E-state index contributed by atoms with van der Waals surface area (Å²) in [6, 6.07) is 7.61. The maximum absolute atomic E-state index is 13.0. The highest BCUT2D eigenvalue weighted by atomic mass is 19.1. The molecule has 1 amide bonds. The second-order valence-corrected chi connectivity index (χ2v) is 5.33. The molecule has 0 unspecified atom stereocenters. The quantitative estimate of drug-likeness (QED) is 0.921. The summed E-state index contributed by atoms with van der Waals surface area (Å²) in [4.78, 5) is 14.3. The van der Waals surface area contributed by atoms with Crippen molar-refractivity contribution >= 4 is 11.7 Å². The second kappa shape index (κ2) is 5.20. The normalized spacial score (nSPS) is 18.2. The molecule has 2 aromatic rings. The minimum absolute atomic E-state index is 0.104. The molecule has 2 N–H and O–H groups in total. The van der Waals surface area contributed by atoms with Crippen molar-refractivity contribution < 1.29 is 9.18 Å². The molecule has 0 saturated carbocycles. The van der Waals surface area contributed by atoms with Gasteiger partial charge < -0.3 is 10.6 Å². The third kappa shape index (κ3) is 2.49.